The van der Waals surface area contributed by atoms with Crippen molar-refractivity contribution in [1.29, 1.82) is 0 Å². The van der Waals surface area contributed by atoms with E-state index in [2.05, 4.69) is 9.88 Å². The topological polar surface area (TPSA) is 70.6 Å². The number of hydrogen-bond donors (Lipinski definition) is 0. The number of rotatable bonds is 3. The van der Waals surface area contributed by atoms with Gasteiger partial charge in [0.05, 0.1) is 10.4 Å². The Hall–Kier alpha value is -1.64. The van der Waals surface area contributed by atoms with Gasteiger partial charge in [-0.25, -0.2) is 8.42 Å². The van der Waals surface area contributed by atoms with E-state index in [0.717, 1.165) is 43.4 Å². The number of para-hydroxylation sites is 1. The summed E-state index contributed by atoms with van der Waals surface area (Å²) in [5.74, 6) is 1.41. The molecule has 3 aliphatic rings. The number of aromatic nitrogens is 1. The van der Waals surface area contributed by atoms with Gasteiger partial charge < -0.3 is 4.90 Å². The Balaban J connectivity index is 1.35. The highest BCUT2D eigenvalue weighted by molar-refractivity contribution is 8.00. The van der Waals surface area contributed by atoms with Crippen LogP contribution >= 0.6 is 11.8 Å². The van der Waals surface area contributed by atoms with Gasteiger partial charge in [-0.3, -0.25) is 9.78 Å². The van der Waals surface area contributed by atoms with Crippen LogP contribution in [-0.4, -0.2) is 58.8 Å². The van der Waals surface area contributed by atoms with Gasteiger partial charge >= 0.3 is 0 Å². The summed E-state index contributed by atoms with van der Waals surface area (Å²) in [4.78, 5) is 19.8. The molecule has 0 radical (unpaired) electrons. The monoisotopic (exact) mass is 459 g/mol. The molecule has 3 heterocycles. The van der Waals surface area contributed by atoms with Crippen molar-refractivity contribution in [2.45, 2.75) is 54.7 Å². The third-order valence-corrected chi connectivity index (χ3v) is 10.6. The number of benzene rings is 1. The van der Waals surface area contributed by atoms with E-state index in [-0.39, 0.29) is 15.7 Å². The molecule has 1 aromatic heterocycles. The van der Waals surface area contributed by atoms with Crippen LogP contribution in [0.15, 0.2) is 41.4 Å². The first-order valence-corrected chi connectivity index (χ1v) is 13.7. The summed E-state index contributed by atoms with van der Waals surface area (Å²) in [5.41, 5.74) is 0.523. The van der Waals surface area contributed by atoms with Crippen LogP contribution in [0, 0.1) is 5.92 Å². The summed E-state index contributed by atoms with van der Waals surface area (Å²) in [5, 5.41) is 0.827. The first-order valence-electron chi connectivity index (χ1n) is 11.3. The predicted octanol–water partition coefficient (Wildman–Crippen LogP) is 3.87. The van der Waals surface area contributed by atoms with Gasteiger partial charge in [-0.15, -0.1) is 11.8 Å². The van der Waals surface area contributed by atoms with E-state index in [1.54, 1.807) is 22.6 Å². The molecule has 1 aliphatic carbocycles. The normalized spacial score (nSPS) is 22.9. The lowest BCUT2D eigenvalue weighted by molar-refractivity contribution is -0.140. The summed E-state index contributed by atoms with van der Waals surface area (Å²) in [6.07, 6.45) is 8.55. The predicted molar refractivity (Wildman–Crippen MR) is 123 cm³/mol. The van der Waals surface area contributed by atoms with Crippen molar-refractivity contribution in [2.75, 3.05) is 25.4 Å². The Morgan fingerprint density at radius 1 is 1.03 bits per heavy atom. The van der Waals surface area contributed by atoms with Crippen LogP contribution in [0.3, 0.4) is 0 Å². The molecule has 3 fully saturated rings. The van der Waals surface area contributed by atoms with E-state index < -0.39 is 10.0 Å². The molecule has 0 bridgehead atoms. The SMILES string of the molecule is O=C(C1CCCCC1)N1CCSC12CCN(S(=O)(=O)c1cccc3cccnc13)CC2. The molecule has 2 aliphatic heterocycles. The molecule has 0 N–H and O–H groups in total. The molecule has 0 unspecified atom stereocenters. The highest BCUT2D eigenvalue weighted by Gasteiger charge is 2.49. The maximum atomic E-state index is 13.5. The lowest BCUT2D eigenvalue weighted by Crippen LogP contribution is -2.54. The molecule has 31 heavy (non-hydrogen) atoms. The minimum atomic E-state index is -3.63. The third kappa shape index (κ3) is 3.76. The van der Waals surface area contributed by atoms with E-state index in [1.165, 1.54) is 6.42 Å². The lowest BCUT2D eigenvalue weighted by Gasteiger charge is -2.44. The maximum absolute atomic E-state index is 13.5. The van der Waals surface area contributed by atoms with Gasteiger partial charge in [-0.1, -0.05) is 37.5 Å². The van der Waals surface area contributed by atoms with E-state index in [0.29, 0.717) is 37.4 Å². The second kappa shape index (κ2) is 8.37. The van der Waals surface area contributed by atoms with Crippen LogP contribution in [0.4, 0.5) is 0 Å². The fraction of sp³-hybridized carbons (Fsp3) is 0.565. The van der Waals surface area contributed by atoms with Crippen LogP contribution in [0.25, 0.3) is 10.9 Å². The molecule has 2 aromatic rings. The van der Waals surface area contributed by atoms with E-state index >= 15 is 0 Å². The molecule has 166 valence electrons. The maximum Gasteiger partial charge on any atom is 0.245 e. The smallest absolute Gasteiger partial charge is 0.245 e. The fourth-order valence-corrected chi connectivity index (χ4v) is 8.47. The highest BCUT2D eigenvalue weighted by Crippen LogP contribution is 2.46. The standard InChI is InChI=1S/C23H29N3O3S2/c27-22(19-6-2-1-3-7-19)26-16-17-30-23(26)11-14-25(15-12-23)31(28,29)20-10-4-8-18-9-5-13-24-21(18)20/h4-5,8-10,13,19H,1-3,6-7,11-12,14-17H2. The third-order valence-electron chi connectivity index (χ3n) is 7.12. The zero-order chi connectivity index (χ0) is 21.5. The first kappa shape index (κ1) is 21.2. The Bertz CT molecular complexity index is 1070. The van der Waals surface area contributed by atoms with Gasteiger partial charge in [0.1, 0.15) is 4.90 Å². The number of sulfonamides is 1. The number of fused-ring (bicyclic) bond motifs is 1. The molecule has 1 saturated carbocycles. The molecule has 5 rings (SSSR count). The Labute approximate surface area is 188 Å². The minimum Gasteiger partial charge on any atom is -0.327 e. The molecule has 2 saturated heterocycles. The number of carbonyl (C=O) groups is 1. The highest BCUT2D eigenvalue weighted by atomic mass is 32.2. The van der Waals surface area contributed by atoms with Gasteiger partial charge in [0.15, 0.2) is 0 Å². The molecule has 1 aromatic carbocycles. The number of hydrogen-bond acceptors (Lipinski definition) is 5. The van der Waals surface area contributed by atoms with E-state index in [9.17, 15) is 13.2 Å². The number of amides is 1. The van der Waals surface area contributed by atoms with Gasteiger partial charge in [-0.2, -0.15) is 4.31 Å². The van der Waals surface area contributed by atoms with E-state index in [4.69, 9.17) is 0 Å². The Kier molecular flexibility index (Phi) is 5.73. The van der Waals surface area contributed by atoms with Crippen molar-refractivity contribution in [1.82, 2.24) is 14.2 Å². The Morgan fingerprint density at radius 2 is 1.77 bits per heavy atom. The molecular weight excluding hydrogens is 430 g/mol. The quantitative estimate of drug-likeness (QED) is 0.697. The molecule has 1 amide bonds. The second-order valence-corrected chi connectivity index (χ2v) is 12.2. The van der Waals surface area contributed by atoms with Gasteiger partial charge in [0, 0.05) is 42.9 Å². The van der Waals surface area contributed by atoms with Gasteiger partial charge in [0.25, 0.3) is 0 Å². The van der Waals surface area contributed by atoms with Gasteiger partial charge in [0.2, 0.25) is 15.9 Å². The summed E-state index contributed by atoms with van der Waals surface area (Å²) in [6.45, 7) is 1.67. The Morgan fingerprint density at radius 3 is 2.55 bits per heavy atom. The van der Waals surface area contributed by atoms with Crippen molar-refractivity contribution < 1.29 is 13.2 Å². The van der Waals surface area contributed by atoms with Gasteiger partial charge in [-0.05, 0) is 37.8 Å². The number of thioether (sulfide) groups is 1. The van der Waals surface area contributed by atoms with Crippen molar-refractivity contribution >= 4 is 38.6 Å². The average Bonchev–Trinajstić information content (AvgIpc) is 3.21. The number of piperidine rings is 1. The van der Waals surface area contributed by atoms with Crippen molar-refractivity contribution in [3.8, 4) is 0 Å². The summed E-state index contributed by atoms with van der Waals surface area (Å²) >= 11 is 1.85. The number of pyridine rings is 1. The van der Waals surface area contributed by atoms with Crippen LogP contribution < -0.4 is 0 Å². The summed E-state index contributed by atoms with van der Waals surface area (Å²) in [7, 11) is -3.63. The summed E-state index contributed by atoms with van der Waals surface area (Å²) < 4.78 is 28.5. The molecule has 8 heteroatoms. The molecule has 0 atom stereocenters. The minimum absolute atomic E-state index is 0.160. The van der Waals surface area contributed by atoms with Crippen LogP contribution in [0.5, 0.6) is 0 Å². The lowest BCUT2D eigenvalue weighted by atomic mass is 9.87. The van der Waals surface area contributed by atoms with Crippen molar-refractivity contribution in [3.63, 3.8) is 0 Å². The average molecular weight is 460 g/mol. The van der Waals surface area contributed by atoms with Crippen LogP contribution in [0.1, 0.15) is 44.9 Å². The first-order chi connectivity index (χ1) is 15.0. The largest absolute Gasteiger partial charge is 0.327 e. The van der Waals surface area contributed by atoms with Crippen LogP contribution in [-0.2, 0) is 14.8 Å². The number of carbonyl (C=O) groups excluding carboxylic acids is 1. The fourth-order valence-electron chi connectivity index (χ4n) is 5.40. The second-order valence-electron chi connectivity index (χ2n) is 8.85. The number of nitrogens with zero attached hydrogens (tertiary/aromatic N) is 3. The van der Waals surface area contributed by atoms with Crippen molar-refractivity contribution in [3.05, 3.63) is 36.5 Å². The van der Waals surface area contributed by atoms with Crippen LogP contribution in [0.2, 0.25) is 0 Å². The zero-order valence-electron chi connectivity index (χ0n) is 17.7. The molecule has 6 nitrogen and oxygen atoms in total. The summed E-state index contributed by atoms with van der Waals surface area (Å²) in [6, 6.07) is 9.02. The molecule has 1 spiro atoms. The van der Waals surface area contributed by atoms with E-state index in [1.807, 2.05) is 30.0 Å². The van der Waals surface area contributed by atoms with Crippen molar-refractivity contribution in [2.24, 2.45) is 5.92 Å². The molecular formula is C23H29N3O3S2. The zero-order valence-corrected chi connectivity index (χ0v) is 19.3.